The lowest BCUT2D eigenvalue weighted by Gasteiger charge is -2.12. The van der Waals surface area contributed by atoms with E-state index >= 15 is 0 Å². The Balaban J connectivity index is 1.59. The van der Waals surface area contributed by atoms with Crippen LogP contribution >= 0.6 is 0 Å². The third-order valence-corrected chi connectivity index (χ3v) is 4.97. The third kappa shape index (κ3) is 5.13. The van der Waals surface area contributed by atoms with Crippen LogP contribution in [-0.2, 0) is 13.2 Å². The molecule has 3 aromatic carbocycles. The Morgan fingerprint density at radius 2 is 1.37 bits per heavy atom. The van der Waals surface area contributed by atoms with Crippen molar-refractivity contribution in [3.8, 4) is 11.5 Å². The van der Waals surface area contributed by atoms with Crippen LogP contribution in [0, 0.1) is 13.8 Å². The second kappa shape index (κ2) is 8.77. The second-order valence-electron chi connectivity index (χ2n) is 7.31. The van der Waals surface area contributed by atoms with Gasteiger partial charge in [-0.15, -0.1) is 0 Å². The molecular weight excluding hydrogens is 332 g/mol. The summed E-state index contributed by atoms with van der Waals surface area (Å²) in [6.45, 7) is 9.79. The van der Waals surface area contributed by atoms with Gasteiger partial charge < -0.3 is 9.47 Å². The van der Waals surface area contributed by atoms with Gasteiger partial charge in [0, 0.05) is 6.07 Å². The smallest absolute Gasteiger partial charge is 0.123 e. The summed E-state index contributed by atoms with van der Waals surface area (Å²) in [7, 11) is 0. The fourth-order valence-electron chi connectivity index (χ4n) is 2.95. The minimum atomic E-state index is 0.547. The molecule has 140 valence electrons. The van der Waals surface area contributed by atoms with Crippen LogP contribution in [0.2, 0.25) is 0 Å². The van der Waals surface area contributed by atoms with E-state index in [1.165, 1.54) is 27.8 Å². The van der Waals surface area contributed by atoms with Gasteiger partial charge in [-0.3, -0.25) is 0 Å². The fraction of sp³-hybridized carbons (Fsp3) is 0.280. The minimum absolute atomic E-state index is 0.547. The highest BCUT2D eigenvalue weighted by atomic mass is 16.5. The molecule has 0 spiro atoms. The van der Waals surface area contributed by atoms with Crippen LogP contribution in [0.5, 0.6) is 11.5 Å². The molecule has 0 saturated heterocycles. The largest absolute Gasteiger partial charge is 0.489 e. The standard InChI is InChI=1S/C25H28O2/c1-18(2)22-13-11-21(12-14-22)16-26-24-9-6-10-25(15-24)27-17-23-8-5-7-19(3)20(23)4/h5-15,18H,16-17H2,1-4H3. The number of rotatable bonds is 7. The van der Waals surface area contributed by atoms with Crippen LogP contribution in [0.3, 0.4) is 0 Å². The minimum Gasteiger partial charge on any atom is -0.489 e. The first-order valence-corrected chi connectivity index (χ1v) is 9.52. The monoisotopic (exact) mass is 360 g/mol. The molecule has 0 radical (unpaired) electrons. The highest BCUT2D eigenvalue weighted by molar-refractivity contribution is 5.35. The first-order valence-electron chi connectivity index (χ1n) is 9.52. The molecule has 0 fully saturated rings. The van der Waals surface area contributed by atoms with Crippen LogP contribution in [-0.4, -0.2) is 0 Å². The van der Waals surface area contributed by atoms with Crippen LogP contribution in [0.25, 0.3) is 0 Å². The maximum atomic E-state index is 5.98. The van der Waals surface area contributed by atoms with E-state index in [0.29, 0.717) is 19.1 Å². The van der Waals surface area contributed by atoms with Crippen molar-refractivity contribution in [2.75, 3.05) is 0 Å². The van der Waals surface area contributed by atoms with Crippen LogP contribution < -0.4 is 9.47 Å². The Hall–Kier alpha value is -2.74. The topological polar surface area (TPSA) is 18.5 Å². The quantitative estimate of drug-likeness (QED) is 0.473. The van der Waals surface area contributed by atoms with Gasteiger partial charge in [0.15, 0.2) is 0 Å². The highest BCUT2D eigenvalue weighted by Crippen LogP contribution is 2.23. The molecule has 2 heteroatoms. The Bertz CT molecular complexity index is 879. The Labute approximate surface area is 162 Å². The molecular formula is C25H28O2. The number of hydrogen-bond acceptors (Lipinski definition) is 2. The van der Waals surface area contributed by atoms with Crippen molar-refractivity contribution >= 4 is 0 Å². The molecule has 3 aromatic rings. The summed E-state index contributed by atoms with van der Waals surface area (Å²) in [5, 5.41) is 0. The van der Waals surface area contributed by atoms with Gasteiger partial charge in [0.2, 0.25) is 0 Å². The Kier molecular flexibility index (Phi) is 6.18. The van der Waals surface area contributed by atoms with Gasteiger partial charge in [-0.1, -0.05) is 62.4 Å². The predicted octanol–water partition coefficient (Wildman–Crippen LogP) is 6.58. The van der Waals surface area contributed by atoms with E-state index in [1.54, 1.807) is 0 Å². The van der Waals surface area contributed by atoms with Crippen molar-refractivity contribution in [1.29, 1.82) is 0 Å². The fourth-order valence-corrected chi connectivity index (χ4v) is 2.95. The first kappa shape index (κ1) is 19.0. The van der Waals surface area contributed by atoms with Crippen molar-refractivity contribution in [2.24, 2.45) is 0 Å². The van der Waals surface area contributed by atoms with Crippen LogP contribution in [0.4, 0.5) is 0 Å². The van der Waals surface area contributed by atoms with Crippen molar-refractivity contribution < 1.29 is 9.47 Å². The summed E-state index contributed by atoms with van der Waals surface area (Å²) < 4.78 is 11.9. The number of hydrogen-bond donors (Lipinski definition) is 0. The zero-order valence-electron chi connectivity index (χ0n) is 16.7. The van der Waals surface area contributed by atoms with Gasteiger partial charge in [-0.25, -0.2) is 0 Å². The molecule has 0 aliphatic heterocycles. The van der Waals surface area contributed by atoms with E-state index < -0.39 is 0 Å². The van der Waals surface area contributed by atoms with Crippen LogP contribution in [0.15, 0.2) is 66.7 Å². The zero-order chi connectivity index (χ0) is 19.2. The maximum absolute atomic E-state index is 5.98. The van der Waals surface area contributed by atoms with Crippen molar-refractivity contribution in [3.05, 3.63) is 94.5 Å². The molecule has 0 unspecified atom stereocenters. The van der Waals surface area contributed by atoms with E-state index in [-0.39, 0.29) is 0 Å². The maximum Gasteiger partial charge on any atom is 0.123 e. The normalized spacial score (nSPS) is 10.9. The molecule has 0 atom stereocenters. The molecule has 0 N–H and O–H groups in total. The number of benzene rings is 3. The van der Waals surface area contributed by atoms with Gasteiger partial charge in [-0.05, 0) is 59.7 Å². The van der Waals surface area contributed by atoms with E-state index in [9.17, 15) is 0 Å². The lowest BCUT2D eigenvalue weighted by Crippen LogP contribution is -2.00. The average Bonchev–Trinajstić information content (AvgIpc) is 2.68. The molecule has 0 aromatic heterocycles. The number of ether oxygens (including phenoxy) is 2. The molecule has 27 heavy (non-hydrogen) atoms. The lowest BCUT2D eigenvalue weighted by atomic mass is 10.0. The molecule has 0 heterocycles. The lowest BCUT2D eigenvalue weighted by molar-refractivity contribution is 0.289. The molecule has 0 saturated carbocycles. The van der Waals surface area contributed by atoms with Gasteiger partial charge in [0.05, 0.1) is 0 Å². The average molecular weight is 360 g/mol. The third-order valence-electron chi connectivity index (χ3n) is 4.97. The van der Waals surface area contributed by atoms with Gasteiger partial charge in [-0.2, -0.15) is 0 Å². The van der Waals surface area contributed by atoms with Crippen molar-refractivity contribution in [3.63, 3.8) is 0 Å². The molecule has 0 aliphatic rings. The highest BCUT2D eigenvalue weighted by Gasteiger charge is 2.04. The molecule has 0 bridgehead atoms. The van der Waals surface area contributed by atoms with E-state index in [1.807, 2.05) is 24.3 Å². The molecule has 2 nitrogen and oxygen atoms in total. The summed E-state index contributed by atoms with van der Waals surface area (Å²) in [5.74, 6) is 2.19. The second-order valence-corrected chi connectivity index (χ2v) is 7.31. The van der Waals surface area contributed by atoms with Gasteiger partial charge in [0.25, 0.3) is 0 Å². The van der Waals surface area contributed by atoms with Gasteiger partial charge in [0.1, 0.15) is 24.7 Å². The predicted molar refractivity (Wildman–Crippen MR) is 112 cm³/mol. The Morgan fingerprint density at radius 3 is 2.04 bits per heavy atom. The van der Waals surface area contributed by atoms with Crippen molar-refractivity contribution in [1.82, 2.24) is 0 Å². The van der Waals surface area contributed by atoms with Gasteiger partial charge >= 0.3 is 0 Å². The zero-order valence-corrected chi connectivity index (χ0v) is 16.7. The first-order chi connectivity index (χ1) is 13.0. The summed E-state index contributed by atoms with van der Waals surface area (Å²) in [4.78, 5) is 0. The Morgan fingerprint density at radius 1 is 0.741 bits per heavy atom. The van der Waals surface area contributed by atoms with Crippen molar-refractivity contribution in [2.45, 2.75) is 46.8 Å². The van der Waals surface area contributed by atoms with E-state index in [4.69, 9.17) is 9.47 Å². The summed E-state index contributed by atoms with van der Waals surface area (Å²) >= 11 is 0. The van der Waals surface area contributed by atoms with Crippen LogP contribution in [0.1, 0.15) is 47.6 Å². The SMILES string of the molecule is Cc1cccc(COc2cccc(OCc3ccc(C(C)C)cc3)c2)c1C. The summed E-state index contributed by atoms with van der Waals surface area (Å²) in [5.41, 5.74) is 6.31. The number of aryl methyl sites for hydroxylation is 1. The summed E-state index contributed by atoms with van der Waals surface area (Å²) in [6.07, 6.45) is 0. The van der Waals surface area contributed by atoms with E-state index in [2.05, 4.69) is 70.2 Å². The summed E-state index contributed by atoms with van der Waals surface area (Å²) in [6, 6.07) is 22.8. The molecule has 3 rings (SSSR count). The molecule has 0 amide bonds. The van der Waals surface area contributed by atoms with E-state index in [0.717, 1.165) is 11.5 Å². The molecule has 0 aliphatic carbocycles.